The molecule has 0 atom stereocenters. The molecule has 0 radical (unpaired) electrons. The van der Waals surface area contributed by atoms with Gasteiger partial charge in [0.1, 0.15) is 0 Å². The second-order valence-corrected chi connectivity index (χ2v) is 4.02. The van der Waals surface area contributed by atoms with Crippen molar-refractivity contribution in [1.29, 1.82) is 0 Å². The van der Waals surface area contributed by atoms with Crippen LogP contribution in [0.15, 0.2) is 0 Å². The third-order valence-electron chi connectivity index (χ3n) is 1.79. The Balaban J connectivity index is 4.74. The van der Waals surface area contributed by atoms with Gasteiger partial charge in [-0.3, -0.25) is 0 Å². The van der Waals surface area contributed by atoms with E-state index in [-0.39, 0.29) is 17.7 Å². The molecule has 0 aromatic rings. The Hall–Kier alpha value is -1.10. The molecule has 0 bridgehead atoms. The average Bonchev–Trinajstić information content (AvgIpc) is 2.01. The highest BCUT2D eigenvalue weighted by Crippen LogP contribution is 2.07. The normalized spacial score (nSPS) is 11.3. The smallest absolute Gasteiger partial charge is 0.377 e. The summed E-state index contributed by atoms with van der Waals surface area (Å²) >= 11 is 0. The molecule has 0 heterocycles. The number of ether oxygens (including phenoxy) is 2. The molecule has 0 rings (SSSR count). The van der Waals surface area contributed by atoms with Crippen LogP contribution in [0.4, 0.5) is 0 Å². The maximum absolute atomic E-state index is 11.6. The molecule has 0 unspecified atom stereocenters. The van der Waals surface area contributed by atoms with Gasteiger partial charge in [0.2, 0.25) is 0 Å². The number of quaternary nitrogens is 1. The number of esters is 2. The molecule has 0 saturated heterocycles. The summed E-state index contributed by atoms with van der Waals surface area (Å²) in [5.41, 5.74) is 0. The highest BCUT2D eigenvalue weighted by molar-refractivity contribution is 5.97. The minimum atomic E-state index is -0.912. The van der Waals surface area contributed by atoms with Gasteiger partial charge in [-0.05, 0) is 13.8 Å². The molecule has 5 nitrogen and oxygen atoms in total. The molecule has 5 heteroatoms. The number of carbonyl (C=O) groups is 2. The lowest BCUT2D eigenvalue weighted by Gasteiger charge is -2.30. The van der Waals surface area contributed by atoms with Gasteiger partial charge in [-0.1, -0.05) is 0 Å². The van der Waals surface area contributed by atoms with Crippen LogP contribution >= 0.6 is 0 Å². The third-order valence-corrected chi connectivity index (χ3v) is 1.79. The Morgan fingerprint density at radius 2 is 1.33 bits per heavy atom. The van der Waals surface area contributed by atoms with Crippen LogP contribution in [0.2, 0.25) is 0 Å². The van der Waals surface area contributed by atoms with E-state index in [0.29, 0.717) is 0 Å². The van der Waals surface area contributed by atoms with Crippen LogP contribution in [0.25, 0.3) is 0 Å². The van der Waals surface area contributed by atoms with Gasteiger partial charge in [0, 0.05) is 0 Å². The molecule has 0 fully saturated rings. The average molecular weight is 218 g/mol. The second kappa shape index (κ2) is 5.70. The highest BCUT2D eigenvalue weighted by atomic mass is 16.6. The van der Waals surface area contributed by atoms with Crippen molar-refractivity contribution in [2.75, 3.05) is 34.4 Å². The zero-order valence-corrected chi connectivity index (χ0v) is 10.1. The van der Waals surface area contributed by atoms with Gasteiger partial charge < -0.3 is 14.0 Å². The zero-order chi connectivity index (χ0) is 12.1. The van der Waals surface area contributed by atoms with Crippen LogP contribution < -0.4 is 0 Å². The first kappa shape index (κ1) is 13.9. The molecule has 0 aromatic carbocycles. The van der Waals surface area contributed by atoms with E-state index in [1.807, 2.05) is 0 Å². The second-order valence-electron chi connectivity index (χ2n) is 4.02. The number of likely N-dealkylation sites (N-methyl/N-ethyl adjacent to an activating group) is 1. The SMILES string of the molecule is CCOC(=O)C(C(=O)OCC)[N+](C)(C)C. The Bertz CT molecular complexity index is 214. The predicted octanol–water partition coefficient (Wildman–Crippen LogP) is 0.187. The molecule has 0 amide bonds. The van der Waals surface area contributed by atoms with E-state index in [1.165, 1.54) is 0 Å². The minimum Gasteiger partial charge on any atom is -0.461 e. The van der Waals surface area contributed by atoms with Gasteiger partial charge in [0.15, 0.2) is 0 Å². The van der Waals surface area contributed by atoms with E-state index in [0.717, 1.165) is 0 Å². The van der Waals surface area contributed by atoms with E-state index < -0.39 is 18.0 Å². The summed E-state index contributed by atoms with van der Waals surface area (Å²) < 4.78 is 9.85. The molecule has 0 aliphatic heterocycles. The van der Waals surface area contributed by atoms with Gasteiger partial charge in [-0.15, -0.1) is 0 Å². The van der Waals surface area contributed by atoms with Crippen molar-refractivity contribution in [2.45, 2.75) is 19.9 Å². The maximum atomic E-state index is 11.6. The van der Waals surface area contributed by atoms with Crippen molar-refractivity contribution >= 4 is 11.9 Å². The predicted molar refractivity (Wildman–Crippen MR) is 55.1 cm³/mol. The first-order valence-electron chi connectivity index (χ1n) is 4.99. The van der Waals surface area contributed by atoms with Gasteiger partial charge in [0.25, 0.3) is 6.04 Å². The molecule has 88 valence electrons. The van der Waals surface area contributed by atoms with Gasteiger partial charge in [-0.2, -0.15) is 0 Å². The van der Waals surface area contributed by atoms with Gasteiger partial charge >= 0.3 is 11.9 Å². The molecule has 0 aliphatic rings. The summed E-state index contributed by atoms with van der Waals surface area (Å²) in [4.78, 5) is 23.1. The molecular weight excluding hydrogens is 198 g/mol. The van der Waals surface area contributed by atoms with E-state index >= 15 is 0 Å². The van der Waals surface area contributed by atoms with Crippen molar-refractivity contribution in [1.82, 2.24) is 0 Å². The monoisotopic (exact) mass is 218 g/mol. The van der Waals surface area contributed by atoms with Crippen molar-refractivity contribution in [3.63, 3.8) is 0 Å². The summed E-state index contributed by atoms with van der Waals surface area (Å²) in [6.45, 7) is 3.93. The summed E-state index contributed by atoms with van der Waals surface area (Å²) in [5, 5.41) is 0. The van der Waals surface area contributed by atoms with Gasteiger partial charge in [-0.25, -0.2) is 9.59 Å². The standard InChI is InChI=1S/C10H20NO4/c1-6-14-9(12)8(11(3,4)5)10(13)15-7-2/h8H,6-7H2,1-5H3/q+1. The van der Waals surface area contributed by atoms with E-state index in [9.17, 15) is 9.59 Å². The van der Waals surface area contributed by atoms with E-state index in [4.69, 9.17) is 9.47 Å². The van der Waals surface area contributed by atoms with Crippen molar-refractivity contribution in [3.8, 4) is 0 Å². The summed E-state index contributed by atoms with van der Waals surface area (Å²) in [5.74, 6) is -1.08. The molecule has 0 saturated carbocycles. The summed E-state index contributed by atoms with van der Waals surface area (Å²) in [6.07, 6.45) is 0. The van der Waals surface area contributed by atoms with Crippen LogP contribution in [0.3, 0.4) is 0 Å². The first-order valence-corrected chi connectivity index (χ1v) is 4.99. The fourth-order valence-corrected chi connectivity index (χ4v) is 1.17. The number of hydrogen-bond donors (Lipinski definition) is 0. The Morgan fingerprint density at radius 3 is 1.53 bits per heavy atom. The molecule has 0 N–H and O–H groups in total. The summed E-state index contributed by atoms with van der Waals surface area (Å²) in [6, 6.07) is -0.912. The molecule has 15 heavy (non-hydrogen) atoms. The highest BCUT2D eigenvalue weighted by Gasteiger charge is 2.41. The Kier molecular flexibility index (Phi) is 5.28. The molecule has 0 spiro atoms. The molecular formula is C10H20NO4+. The molecule has 0 aliphatic carbocycles. The van der Waals surface area contributed by atoms with Crippen LogP contribution in [-0.4, -0.2) is 56.8 Å². The first-order chi connectivity index (χ1) is 6.84. The van der Waals surface area contributed by atoms with E-state index in [1.54, 1.807) is 35.0 Å². The number of hydrogen-bond acceptors (Lipinski definition) is 4. The van der Waals surface area contributed by atoms with Gasteiger partial charge in [0.05, 0.1) is 34.4 Å². The van der Waals surface area contributed by atoms with Crippen molar-refractivity contribution < 1.29 is 23.5 Å². The largest absolute Gasteiger partial charge is 0.461 e. The number of rotatable bonds is 5. The Morgan fingerprint density at radius 1 is 1.00 bits per heavy atom. The fourth-order valence-electron chi connectivity index (χ4n) is 1.17. The Labute approximate surface area is 90.5 Å². The third kappa shape index (κ3) is 4.29. The minimum absolute atomic E-state index is 0.164. The lowest BCUT2D eigenvalue weighted by molar-refractivity contribution is -0.879. The number of carbonyl (C=O) groups excluding carboxylic acids is 2. The van der Waals surface area contributed by atoms with E-state index in [2.05, 4.69) is 0 Å². The van der Waals surface area contributed by atoms with Crippen molar-refractivity contribution in [3.05, 3.63) is 0 Å². The van der Waals surface area contributed by atoms with Crippen LogP contribution in [-0.2, 0) is 19.1 Å². The number of nitrogens with zero attached hydrogens (tertiary/aromatic N) is 1. The van der Waals surface area contributed by atoms with Crippen LogP contribution in [0.1, 0.15) is 13.8 Å². The van der Waals surface area contributed by atoms with Crippen LogP contribution in [0, 0.1) is 0 Å². The lowest BCUT2D eigenvalue weighted by Crippen LogP contribution is -2.55. The fraction of sp³-hybridized carbons (Fsp3) is 0.800. The van der Waals surface area contributed by atoms with Crippen LogP contribution in [0.5, 0.6) is 0 Å². The lowest BCUT2D eigenvalue weighted by atomic mass is 10.2. The van der Waals surface area contributed by atoms with Crippen molar-refractivity contribution in [2.24, 2.45) is 0 Å². The zero-order valence-electron chi connectivity index (χ0n) is 10.1. The summed E-state index contributed by atoms with van der Waals surface area (Å²) in [7, 11) is 5.25. The topological polar surface area (TPSA) is 52.6 Å². The molecule has 0 aromatic heterocycles. The quantitative estimate of drug-likeness (QED) is 0.375. The maximum Gasteiger partial charge on any atom is 0.377 e.